The van der Waals surface area contributed by atoms with E-state index < -0.39 is 0 Å². The SMILES string of the molecule is CN(Cc1ccccc1)/N=N/N(C)Cc1ccccc1. The van der Waals surface area contributed by atoms with E-state index in [-0.39, 0.29) is 0 Å². The summed E-state index contributed by atoms with van der Waals surface area (Å²) < 4.78 is 0. The van der Waals surface area contributed by atoms with Crippen molar-refractivity contribution in [2.45, 2.75) is 13.1 Å². The van der Waals surface area contributed by atoms with Gasteiger partial charge in [0.2, 0.25) is 0 Å². The molecule has 2 aromatic rings. The average Bonchev–Trinajstić information content (AvgIpc) is 2.47. The lowest BCUT2D eigenvalue weighted by molar-refractivity contribution is 0.239. The van der Waals surface area contributed by atoms with Crippen molar-refractivity contribution in [3.63, 3.8) is 0 Å². The van der Waals surface area contributed by atoms with Crippen LogP contribution in [0.1, 0.15) is 11.1 Å². The standard InChI is InChI=1S/C16H20N4/c1-19(13-15-9-5-3-6-10-15)17-18-20(2)14-16-11-7-4-8-12-16/h3-12H,13-14H2,1-2H3/b18-17+. The lowest BCUT2D eigenvalue weighted by Gasteiger charge is -2.15. The van der Waals surface area contributed by atoms with Crippen LogP contribution in [0, 0.1) is 0 Å². The minimum atomic E-state index is 0.753. The Labute approximate surface area is 120 Å². The summed E-state index contributed by atoms with van der Waals surface area (Å²) in [6.45, 7) is 1.51. The van der Waals surface area contributed by atoms with Crippen molar-refractivity contribution in [2.75, 3.05) is 14.1 Å². The van der Waals surface area contributed by atoms with Gasteiger partial charge in [0, 0.05) is 14.1 Å². The van der Waals surface area contributed by atoms with Crippen LogP contribution < -0.4 is 0 Å². The van der Waals surface area contributed by atoms with E-state index in [9.17, 15) is 0 Å². The van der Waals surface area contributed by atoms with Gasteiger partial charge in [-0.1, -0.05) is 71.1 Å². The highest BCUT2D eigenvalue weighted by Gasteiger charge is 1.98. The summed E-state index contributed by atoms with van der Waals surface area (Å²) in [6, 6.07) is 20.5. The van der Waals surface area contributed by atoms with Crippen LogP contribution >= 0.6 is 0 Å². The summed E-state index contributed by atoms with van der Waals surface area (Å²) in [5.41, 5.74) is 2.44. The van der Waals surface area contributed by atoms with Crippen molar-refractivity contribution in [1.29, 1.82) is 0 Å². The first-order valence-corrected chi connectivity index (χ1v) is 6.66. The summed E-state index contributed by atoms with van der Waals surface area (Å²) in [4.78, 5) is 0. The van der Waals surface area contributed by atoms with Crippen LogP contribution in [0.15, 0.2) is 71.1 Å². The Bertz CT molecular complexity index is 475. The summed E-state index contributed by atoms with van der Waals surface area (Å²) in [5.74, 6) is 0. The van der Waals surface area contributed by atoms with Gasteiger partial charge in [-0.3, -0.25) is 10.0 Å². The quantitative estimate of drug-likeness (QED) is 0.593. The first kappa shape index (κ1) is 14.1. The average molecular weight is 268 g/mol. The van der Waals surface area contributed by atoms with Crippen molar-refractivity contribution in [2.24, 2.45) is 10.4 Å². The molecule has 0 saturated carbocycles. The largest absolute Gasteiger partial charge is 0.276 e. The van der Waals surface area contributed by atoms with Crippen molar-refractivity contribution in [3.8, 4) is 0 Å². The number of rotatable bonds is 6. The molecule has 20 heavy (non-hydrogen) atoms. The fourth-order valence-electron chi connectivity index (χ4n) is 1.90. The Balaban J connectivity index is 1.82. The Kier molecular flexibility index (Phi) is 5.12. The van der Waals surface area contributed by atoms with Crippen LogP contribution in [0.3, 0.4) is 0 Å². The molecule has 104 valence electrons. The monoisotopic (exact) mass is 268 g/mol. The van der Waals surface area contributed by atoms with E-state index in [0.717, 1.165) is 13.1 Å². The van der Waals surface area contributed by atoms with E-state index in [1.807, 2.05) is 60.5 Å². The van der Waals surface area contributed by atoms with Crippen molar-refractivity contribution >= 4 is 0 Å². The number of hydrogen-bond acceptors (Lipinski definition) is 2. The molecule has 0 aromatic heterocycles. The fraction of sp³-hybridized carbons (Fsp3) is 0.250. The Hall–Kier alpha value is -2.36. The Morgan fingerprint density at radius 2 is 1.00 bits per heavy atom. The van der Waals surface area contributed by atoms with Crippen molar-refractivity contribution in [1.82, 2.24) is 10.0 Å². The molecule has 2 rings (SSSR count). The minimum Gasteiger partial charge on any atom is -0.276 e. The second kappa shape index (κ2) is 7.28. The maximum Gasteiger partial charge on any atom is 0.0624 e. The molecule has 4 heteroatoms. The molecule has 0 aliphatic carbocycles. The first-order valence-electron chi connectivity index (χ1n) is 6.66. The summed E-state index contributed by atoms with van der Waals surface area (Å²) >= 11 is 0. The summed E-state index contributed by atoms with van der Waals surface area (Å²) in [5, 5.41) is 12.1. The van der Waals surface area contributed by atoms with Gasteiger partial charge in [-0.25, -0.2) is 0 Å². The van der Waals surface area contributed by atoms with Crippen LogP contribution in [0.25, 0.3) is 0 Å². The topological polar surface area (TPSA) is 31.2 Å². The zero-order chi connectivity index (χ0) is 14.2. The third-order valence-corrected chi connectivity index (χ3v) is 2.85. The number of nitrogens with zero attached hydrogens (tertiary/aromatic N) is 4. The van der Waals surface area contributed by atoms with E-state index >= 15 is 0 Å². The van der Waals surface area contributed by atoms with E-state index in [1.54, 1.807) is 0 Å². The molecular formula is C16H20N4. The second-order valence-corrected chi connectivity index (χ2v) is 4.78. The van der Waals surface area contributed by atoms with Crippen LogP contribution in [0.5, 0.6) is 0 Å². The zero-order valence-electron chi connectivity index (χ0n) is 12.0. The molecule has 0 amide bonds. The van der Waals surface area contributed by atoms with Gasteiger partial charge in [0.1, 0.15) is 0 Å². The molecule has 2 aromatic carbocycles. The van der Waals surface area contributed by atoms with Gasteiger partial charge in [-0.15, -0.1) is 0 Å². The summed E-state index contributed by atoms with van der Waals surface area (Å²) in [7, 11) is 3.85. The van der Waals surface area contributed by atoms with Gasteiger partial charge in [0.05, 0.1) is 13.1 Å². The van der Waals surface area contributed by atoms with Gasteiger partial charge < -0.3 is 0 Å². The van der Waals surface area contributed by atoms with Crippen LogP contribution in [-0.4, -0.2) is 24.1 Å². The molecule has 0 aliphatic heterocycles. The molecule has 0 bridgehead atoms. The molecular weight excluding hydrogens is 248 g/mol. The van der Waals surface area contributed by atoms with E-state index in [0.29, 0.717) is 0 Å². The molecule has 0 atom stereocenters. The van der Waals surface area contributed by atoms with Crippen LogP contribution in [-0.2, 0) is 13.1 Å². The molecule has 0 N–H and O–H groups in total. The van der Waals surface area contributed by atoms with E-state index in [4.69, 9.17) is 0 Å². The first-order chi connectivity index (χ1) is 9.74. The zero-order valence-corrected chi connectivity index (χ0v) is 12.0. The van der Waals surface area contributed by atoms with Crippen LogP contribution in [0.4, 0.5) is 0 Å². The third-order valence-electron chi connectivity index (χ3n) is 2.85. The highest BCUT2D eigenvalue weighted by atomic mass is 15.7. The Morgan fingerprint density at radius 3 is 1.35 bits per heavy atom. The van der Waals surface area contributed by atoms with E-state index in [2.05, 4.69) is 34.7 Å². The molecule has 0 unspecified atom stereocenters. The lowest BCUT2D eigenvalue weighted by Crippen LogP contribution is -2.14. The summed E-state index contributed by atoms with van der Waals surface area (Å²) in [6.07, 6.45) is 0. The molecule has 0 saturated heterocycles. The maximum absolute atomic E-state index is 4.20. The number of hydrogen-bond donors (Lipinski definition) is 0. The smallest absolute Gasteiger partial charge is 0.0624 e. The van der Waals surface area contributed by atoms with E-state index in [1.165, 1.54) is 11.1 Å². The van der Waals surface area contributed by atoms with Gasteiger partial charge in [0.15, 0.2) is 0 Å². The molecule has 0 spiro atoms. The molecule has 0 fully saturated rings. The minimum absolute atomic E-state index is 0.753. The van der Waals surface area contributed by atoms with Gasteiger partial charge in [0.25, 0.3) is 0 Å². The molecule has 0 aliphatic rings. The van der Waals surface area contributed by atoms with Crippen LogP contribution in [0.2, 0.25) is 0 Å². The van der Waals surface area contributed by atoms with Gasteiger partial charge in [-0.05, 0) is 11.1 Å². The highest BCUT2D eigenvalue weighted by Crippen LogP contribution is 2.05. The molecule has 4 nitrogen and oxygen atoms in total. The fourth-order valence-corrected chi connectivity index (χ4v) is 1.90. The van der Waals surface area contributed by atoms with Gasteiger partial charge >= 0.3 is 0 Å². The number of benzene rings is 2. The third kappa shape index (κ3) is 4.72. The maximum atomic E-state index is 4.20. The normalized spacial score (nSPS) is 10.7. The predicted octanol–water partition coefficient (Wildman–Crippen LogP) is 3.53. The predicted molar refractivity (Wildman–Crippen MR) is 80.7 cm³/mol. The molecule has 0 radical (unpaired) electrons. The Morgan fingerprint density at radius 1 is 0.650 bits per heavy atom. The molecule has 0 heterocycles. The van der Waals surface area contributed by atoms with Crippen molar-refractivity contribution < 1.29 is 0 Å². The van der Waals surface area contributed by atoms with Gasteiger partial charge in [-0.2, -0.15) is 0 Å². The van der Waals surface area contributed by atoms with Crippen molar-refractivity contribution in [3.05, 3.63) is 71.8 Å². The lowest BCUT2D eigenvalue weighted by atomic mass is 10.2. The second-order valence-electron chi connectivity index (χ2n) is 4.78. The highest BCUT2D eigenvalue weighted by molar-refractivity contribution is 5.14.